The summed E-state index contributed by atoms with van der Waals surface area (Å²) >= 11 is 5.87. The van der Waals surface area contributed by atoms with Gasteiger partial charge in [0.25, 0.3) is 0 Å². The van der Waals surface area contributed by atoms with E-state index >= 15 is 0 Å². The van der Waals surface area contributed by atoms with Crippen LogP contribution in [0.2, 0.25) is 5.02 Å². The largest absolute Gasteiger partial charge is 0.411 e. The molecule has 1 unspecified atom stereocenters. The monoisotopic (exact) mass is 321 g/mol. The summed E-state index contributed by atoms with van der Waals surface area (Å²) in [7, 11) is 0. The molecule has 118 valence electrons. The van der Waals surface area contributed by atoms with Crippen LogP contribution in [0, 0.1) is 0 Å². The maximum absolute atomic E-state index is 12.1. The third-order valence-electron chi connectivity index (χ3n) is 3.45. The SMILES string of the molecule is FC(F)(F)COCCC(CNC1CC1)c1ccc(Cl)cc1. The summed E-state index contributed by atoms with van der Waals surface area (Å²) in [6.07, 6.45) is -1.35. The maximum atomic E-state index is 12.1. The van der Waals surface area contributed by atoms with Crippen LogP contribution in [0.5, 0.6) is 0 Å². The Labute approximate surface area is 127 Å². The van der Waals surface area contributed by atoms with Crippen LogP contribution in [0.15, 0.2) is 24.3 Å². The van der Waals surface area contributed by atoms with Gasteiger partial charge < -0.3 is 10.1 Å². The highest BCUT2D eigenvalue weighted by Gasteiger charge is 2.27. The lowest BCUT2D eigenvalue weighted by Gasteiger charge is -2.18. The van der Waals surface area contributed by atoms with E-state index in [9.17, 15) is 13.2 Å². The predicted octanol–water partition coefficient (Wildman–Crippen LogP) is 4.14. The van der Waals surface area contributed by atoms with E-state index in [4.69, 9.17) is 16.3 Å². The zero-order chi connectivity index (χ0) is 15.3. The number of benzene rings is 1. The standard InChI is InChI=1S/C15H19ClF3NO/c16-13-3-1-11(2-4-13)12(9-20-14-5-6-14)7-8-21-10-15(17,18)19/h1-4,12,14,20H,5-10H2. The number of ether oxygens (including phenoxy) is 1. The van der Waals surface area contributed by atoms with Crippen LogP contribution >= 0.6 is 11.6 Å². The summed E-state index contributed by atoms with van der Waals surface area (Å²) in [5.41, 5.74) is 1.07. The minimum absolute atomic E-state index is 0.0964. The van der Waals surface area contributed by atoms with Crippen molar-refractivity contribution in [3.05, 3.63) is 34.9 Å². The van der Waals surface area contributed by atoms with Crippen LogP contribution in [0.3, 0.4) is 0 Å². The lowest BCUT2D eigenvalue weighted by atomic mass is 9.96. The van der Waals surface area contributed by atoms with Crippen molar-refractivity contribution in [1.29, 1.82) is 0 Å². The van der Waals surface area contributed by atoms with Gasteiger partial charge in [-0.3, -0.25) is 0 Å². The number of alkyl halides is 3. The zero-order valence-electron chi connectivity index (χ0n) is 11.6. The highest BCUT2D eigenvalue weighted by Crippen LogP contribution is 2.25. The van der Waals surface area contributed by atoms with Gasteiger partial charge in [0, 0.05) is 24.2 Å². The van der Waals surface area contributed by atoms with Crippen molar-refractivity contribution in [3.63, 3.8) is 0 Å². The van der Waals surface area contributed by atoms with Crippen molar-refractivity contribution >= 4 is 11.6 Å². The van der Waals surface area contributed by atoms with Gasteiger partial charge in [0.2, 0.25) is 0 Å². The van der Waals surface area contributed by atoms with Crippen molar-refractivity contribution in [2.75, 3.05) is 19.8 Å². The highest BCUT2D eigenvalue weighted by atomic mass is 35.5. The van der Waals surface area contributed by atoms with Crippen LogP contribution < -0.4 is 5.32 Å². The molecule has 1 aliphatic carbocycles. The molecule has 0 aliphatic heterocycles. The smallest absolute Gasteiger partial charge is 0.372 e. The van der Waals surface area contributed by atoms with Crippen molar-refractivity contribution in [3.8, 4) is 0 Å². The number of nitrogens with one attached hydrogen (secondary N) is 1. The van der Waals surface area contributed by atoms with Gasteiger partial charge >= 0.3 is 6.18 Å². The molecule has 2 nitrogen and oxygen atoms in total. The second-order valence-corrected chi connectivity index (χ2v) is 5.82. The van der Waals surface area contributed by atoms with Gasteiger partial charge in [-0.25, -0.2) is 0 Å². The summed E-state index contributed by atoms with van der Waals surface area (Å²) in [5, 5.41) is 4.07. The van der Waals surface area contributed by atoms with Crippen LogP contribution in [0.25, 0.3) is 0 Å². The molecule has 0 heterocycles. The van der Waals surface area contributed by atoms with Crippen molar-refractivity contribution in [1.82, 2.24) is 5.32 Å². The molecule has 2 rings (SSSR count). The molecule has 0 bridgehead atoms. The molecule has 0 amide bonds. The van der Waals surface area contributed by atoms with E-state index in [1.54, 1.807) is 12.1 Å². The molecule has 0 aromatic heterocycles. The van der Waals surface area contributed by atoms with E-state index in [1.807, 2.05) is 12.1 Å². The van der Waals surface area contributed by atoms with E-state index < -0.39 is 12.8 Å². The normalized spacial score (nSPS) is 17.0. The average Bonchev–Trinajstić information content (AvgIpc) is 3.22. The molecule has 1 atom stereocenters. The molecule has 1 aromatic carbocycles. The van der Waals surface area contributed by atoms with Crippen molar-refractivity contribution < 1.29 is 17.9 Å². The minimum atomic E-state index is -4.26. The predicted molar refractivity (Wildman–Crippen MR) is 76.7 cm³/mol. The second kappa shape index (κ2) is 7.47. The molecule has 1 aliphatic rings. The van der Waals surface area contributed by atoms with Gasteiger partial charge in [-0.1, -0.05) is 23.7 Å². The molecule has 0 saturated heterocycles. The molecule has 0 spiro atoms. The summed E-state index contributed by atoms with van der Waals surface area (Å²) in [6.45, 7) is -0.336. The van der Waals surface area contributed by atoms with E-state index in [2.05, 4.69) is 5.32 Å². The lowest BCUT2D eigenvalue weighted by Crippen LogP contribution is -2.25. The Balaban J connectivity index is 1.83. The Morgan fingerprint density at radius 1 is 1.24 bits per heavy atom. The molecule has 6 heteroatoms. The highest BCUT2D eigenvalue weighted by molar-refractivity contribution is 6.30. The third kappa shape index (κ3) is 6.68. The summed E-state index contributed by atoms with van der Waals surface area (Å²) in [6, 6.07) is 8.02. The minimum Gasteiger partial charge on any atom is -0.372 e. The Morgan fingerprint density at radius 3 is 2.48 bits per heavy atom. The molecular weight excluding hydrogens is 303 g/mol. The molecule has 1 fully saturated rings. The fourth-order valence-corrected chi connectivity index (χ4v) is 2.26. The zero-order valence-corrected chi connectivity index (χ0v) is 12.4. The summed E-state index contributed by atoms with van der Waals surface area (Å²) < 4.78 is 40.9. The summed E-state index contributed by atoms with van der Waals surface area (Å²) in [5.74, 6) is 0.135. The molecule has 21 heavy (non-hydrogen) atoms. The van der Waals surface area contributed by atoms with E-state index in [0.717, 1.165) is 12.1 Å². The first-order chi connectivity index (χ1) is 9.94. The first-order valence-corrected chi connectivity index (χ1v) is 7.45. The molecule has 1 N–H and O–H groups in total. The molecular formula is C15H19ClF3NO. The van der Waals surface area contributed by atoms with Gasteiger partial charge in [0.1, 0.15) is 6.61 Å². The van der Waals surface area contributed by atoms with Gasteiger partial charge in [-0.05, 0) is 42.9 Å². The Kier molecular flexibility index (Phi) is 5.90. The summed E-state index contributed by atoms with van der Waals surface area (Å²) in [4.78, 5) is 0. The Morgan fingerprint density at radius 2 is 1.90 bits per heavy atom. The second-order valence-electron chi connectivity index (χ2n) is 5.39. The maximum Gasteiger partial charge on any atom is 0.411 e. The molecule has 0 radical (unpaired) electrons. The number of halogens is 4. The number of rotatable bonds is 8. The van der Waals surface area contributed by atoms with E-state index in [-0.39, 0.29) is 12.5 Å². The third-order valence-corrected chi connectivity index (χ3v) is 3.70. The Hall–Kier alpha value is -0.780. The topological polar surface area (TPSA) is 21.3 Å². The van der Waals surface area contributed by atoms with Gasteiger partial charge in [0.15, 0.2) is 0 Å². The van der Waals surface area contributed by atoms with Crippen LogP contribution in [0.4, 0.5) is 13.2 Å². The fraction of sp³-hybridized carbons (Fsp3) is 0.600. The molecule has 1 saturated carbocycles. The van der Waals surface area contributed by atoms with Gasteiger partial charge in [-0.2, -0.15) is 13.2 Å². The number of hydrogen-bond donors (Lipinski definition) is 1. The first kappa shape index (κ1) is 16.6. The van der Waals surface area contributed by atoms with Crippen LogP contribution in [-0.4, -0.2) is 32.0 Å². The lowest BCUT2D eigenvalue weighted by molar-refractivity contribution is -0.174. The fourth-order valence-electron chi connectivity index (χ4n) is 2.13. The van der Waals surface area contributed by atoms with E-state index in [0.29, 0.717) is 17.5 Å². The van der Waals surface area contributed by atoms with Crippen molar-refractivity contribution in [2.45, 2.75) is 37.4 Å². The van der Waals surface area contributed by atoms with Gasteiger partial charge in [0.05, 0.1) is 0 Å². The van der Waals surface area contributed by atoms with Gasteiger partial charge in [-0.15, -0.1) is 0 Å². The van der Waals surface area contributed by atoms with E-state index in [1.165, 1.54) is 12.8 Å². The van der Waals surface area contributed by atoms with Crippen LogP contribution in [-0.2, 0) is 4.74 Å². The van der Waals surface area contributed by atoms with Crippen molar-refractivity contribution in [2.24, 2.45) is 0 Å². The molecule has 1 aromatic rings. The first-order valence-electron chi connectivity index (χ1n) is 7.07. The Bertz CT molecular complexity index is 432. The van der Waals surface area contributed by atoms with Crippen LogP contribution in [0.1, 0.15) is 30.7 Å². The average molecular weight is 322 g/mol. The quantitative estimate of drug-likeness (QED) is 0.726. The number of hydrogen-bond acceptors (Lipinski definition) is 2.